The van der Waals surface area contributed by atoms with Crippen LogP contribution >= 0.6 is 23.4 Å². The zero-order valence-electron chi connectivity index (χ0n) is 2.94. The lowest BCUT2D eigenvalue weighted by atomic mass is 11.0. The van der Waals surface area contributed by atoms with Crippen molar-refractivity contribution in [3.8, 4) is 0 Å². The fourth-order valence-corrected chi connectivity index (χ4v) is 0.805. The molecule has 1 heterocycles. The Bertz CT molecular complexity index is 80.9. The maximum Gasteiger partial charge on any atom is 0.108 e. The van der Waals surface area contributed by atoms with Crippen LogP contribution in [0.2, 0.25) is 0 Å². The van der Waals surface area contributed by atoms with E-state index in [1.54, 1.807) is 6.20 Å². The smallest absolute Gasteiger partial charge is 0.108 e. The van der Waals surface area contributed by atoms with Crippen LogP contribution in [0, 0.1) is 5.88 Å². The van der Waals surface area contributed by atoms with Gasteiger partial charge in [-0.1, -0.05) is 23.4 Å². The Morgan fingerprint density at radius 2 is 2.67 bits per heavy atom. The van der Waals surface area contributed by atoms with Crippen LogP contribution in [0.15, 0.2) is 10.6 Å². The van der Waals surface area contributed by atoms with E-state index in [1.807, 2.05) is 5.88 Å². The molecule has 1 nitrogen and oxygen atoms in total. The molecular formula is C3H3ClNS. The Morgan fingerprint density at radius 3 is 2.83 bits per heavy atom. The van der Waals surface area contributed by atoms with E-state index in [0.717, 1.165) is 4.36 Å². The average molecular weight is 121 g/mol. The molecule has 33 valence electrons. The van der Waals surface area contributed by atoms with Gasteiger partial charge in [-0.2, -0.15) is 0 Å². The van der Waals surface area contributed by atoms with Crippen molar-refractivity contribution in [2.45, 2.75) is 0 Å². The quantitative estimate of drug-likeness (QED) is 0.520. The summed E-state index contributed by atoms with van der Waals surface area (Å²) in [6.45, 7) is 0. The zero-order chi connectivity index (χ0) is 4.41. The highest BCUT2D eigenvalue weighted by Gasteiger charge is 1.97. The van der Waals surface area contributed by atoms with Crippen molar-refractivity contribution >= 4 is 23.4 Å². The van der Waals surface area contributed by atoms with Crippen LogP contribution in [0.5, 0.6) is 0 Å². The lowest BCUT2D eigenvalue weighted by molar-refractivity contribution is 1.19. The number of hydrogen-bond acceptors (Lipinski definition) is 2. The summed E-state index contributed by atoms with van der Waals surface area (Å²) in [6, 6.07) is 0. The molecule has 1 aliphatic rings. The molecule has 0 amide bonds. The topological polar surface area (TPSA) is 12.0 Å². The van der Waals surface area contributed by atoms with Gasteiger partial charge < -0.3 is 5.32 Å². The van der Waals surface area contributed by atoms with E-state index >= 15 is 0 Å². The molecule has 1 aliphatic heterocycles. The number of hydrogen-bond donors (Lipinski definition) is 1. The third-order valence-corrected chi connectivity index (χ3v) is 1.41. The molecule has 6 heavy (non-hydrogen) atoms. The summed E-state index contributed by atoms with van der Waals surface area (Å²) in [5.41, 5.74) is 0. The van der Waals surface area contributed by atoms with Crippen molar-refractivity contribution in [1.29, 1.82) is 0 Å². The molecule has 0 aromatic heterocycles. The summed E-state index contributed by atoms with van der Waals surface area (Å²) in [6.07, 6.45) is 1.74. The van der Waals surface area contributed by atoms with Gasteiger partial charge >= 0.3 is 0 Å². The number of nitrogens with one attached hydrogen (secondary N) is 1. The third-order valence-electron chi connectivity index (χ3n) is 0.436. The van der Waals surface area contributed by atoms with Gasteiger partial charge in [-0.15, -0.1) is 0 Å². The van der Waals surface area contributed by atoms with Gasteiger partial charge in [-0.3, -0.25) is 0 Å². The molecule has 0 saturated heterocycles. The zero-order valence-corrected chi connectivity index (χ0v) is 4.51. The molecule has 0 aromatic carbocycles. The Labute approximate surface area is 45.7 Å². The predicted molar refractivity (Wildman–Crippen MR) is 29.0 cm³/mol. The number of rotatable bonds is 0. The first-order valence-corrected chi connectivity index (χ1v) is 2.75. The number of halogens is 1. The van der Waals surface area contributed by atoms with Gasteiger partial charge in [0.15, 0.2) is 0 Å². The van der Waals surface area contributed by atoms with E-state index in [4.69, 9.17) is 11.6 Å². The summed E-state index contributed by atoms with van der Waals surface area (Å²) in [4.78, 5) is 0. The lowest BCUT2D eigenvalue weighted by Gasteiger charge is -1.76. The highest BCUT2D eigenvalue weighted by molar-refractivity contribution is 8.06. The highest BCUT2D eigenvalue weighted by atomic mass is 35.5. The van der Waals surface area contributed by atoms with Crippen molar-refractivity contribution in [3.05, 3.63) is 16.4 Å². The molecule has 0 unspecified atom stereocenters. The minimum Gasteiger partial charge on any atom is -0.375 e. The molecule has 3 heteroatoms. The van der Waals surface area contributed by atoms with Crippen LogP contribution in [-0.2, 0) is 0 Å². The highest BCUT2D eigenvalue weighted by Crippen LogP contribution is 2.24. The SMILES string of the molecule is ClC1=CN[CH]S1. The molecule has 0 aromatic rings. The predicted octanol–water partition coefficient (Wildman–Crippen LogP) is 1.48. The van der Waals surface area contributed by atoms with Crippen molar-refractivity contribution in [1.82, 2.24) is 5.32 Å². The molecule has 0 atom stereocenters. The summed E-state index contributed by atoms with van der Waals surface area (Å²) < 4.78 is 0.801. The molecule has 1 rings (SSSR count). The van der Waals surface area contributed by atoms with E-state index in [0.29, 0.717) is 0 Å². The van der Waals surface area contributed by atoms with Crippen molar-refractivity contribution in [2.24, 2.45) is 0 Å². The third kappa shape index (κ3) is 0.820. The Morgan fingerprint density at radius 1 is 1.83 bits per heavy atom. The fraction of sp³-hybridized carbons (Fsp3) is 0. The molecule has 1 N–H and O–H groups in total. The van der Waals surface area contributed by atoms with Crippen LogP contribution in [0.3, 0.4) is 0 Å². The summed E-state index contributed by atoms with van der Waals surface area (Å²) in [5, 5.41) is 2.82. The standard InChI is InChI=1S/C3H3ClNS/c4-3-1-5-2-6-3/h1-2,5H. The maximum atomic E-state index is 5.44. The minimum atomic E-state index is 0.801. The van der Waals surface area contributed by atoms with Crippen molar-refractivity contribution in [3.63, 3.8) is 0 Å². The Hall–Kier alpha value is 0.180. The van der Waals surface area contributed by atoms with Gasteiger partial charge in [0.05, 0.1) is 4.36 Å². The van der Waals surface area contributed by atoms with Gasteiger partial charge in [0.2, 0.25) is 0 Å². The van der Waals surface area contributed by atoms with Crippen LogP contribution < -0.4 is 5.32 Å². The Kier molecular flexibility index (Phi) is 1.27. The summed E-state index contributed by atoms with van der Waals surface area (Å²) in [7, 11) is 0. The van der Waals surface area contributed by atoms with Gasteiger partial charge in [-0.05, 0) is 0 Å². The molecule has 0 aliphatic carbocycles. The average Bonchev–Trinajstić information content (AvgIpc) is 1.86. The first-order valence-electron chi connectivity index (χ1n) is 1.49. The van der Waals surface area contributed by atoms with Gasteiger partial charge in [-0.25, -0.2) is 0 Å². The van der Waals surface area contributed by atoms with E-state index in [-0.39, 0.29) is 0 Å². The molecule has 0 bridgehead atoms. The first-order chi connectivity index (χ1) is 2.89. The number of thioether (sulfide) groups is 1. The fourth-order valence-electron chi connectivity index (χ4n) is 0.224. The maximum absolute atomic E-state index is 5.44. The monoisotopic (exact) mass is 120 g/mol. The first kappa shape index (κ1) is 4.34. The van der Waals surface area contributed by atoms with Gasteiger partial charge in [0.1, 0.15) is 5.88 Å². The molecule has 0 saturated carbocycles. The summed E-state index contributed by atoms with van der Waals surface area (Å²) in [5.74, 6) is 1.82. The van der Waals surface area contributed by atoms with Crippen LogP contribution in [-0.4, -0.2) is 0 Å². The Balaban J connectivity index is 2.45. The minimum absolute atomic E-state index is 0.801. The molecule has 1 radical (unpaired) electrons. The van der Waals surface area contributed by atoms with Crippen molar-refractivity contribution < 1.29 is 0 Å². The second-order valence-electron chi connectivity index (χ2n) is 0.851. The largest absolute Gasteiger partial charge is 0.375 e. The van der Waals surface area contributed by atoms with E-state index in [9.17, 15) is 0 Å². The lowest BCUT2D eigenvalue weighted by Crippen LogP contribution is -1.86. The van der Waals surface area contributed by atoms with Crippen LogP contribution in [0.1, 0.15) is 0 Å². The normalized spacial score (nSPS) is 19.8. The van der Waals surface area contributed by atoms with Gasteiger partial charge in [0.25, 0.3) is 0 Å². The molecular weight excluding hydrogens is 118 g/mol. The van der Waals surface area contributed by atoms with Crippen LogP contribution in [0.4, 0.5) is 0 Å². The molecule has 0 fully saturated rings. The van der Waals surface area contributed by atoms with Gasteiger partial charge in [0, 0.05) is 6.20 Å². The second kappa shape index (κ2) is 1.76. The van der Waals surface area contributed by atoms with Crippen LogP contribution in [0.25, 0.3) is 0 Å². The summed E-state index contributed by atoms with van der Waals surface area (Å²) >= 11 is 6.93. The molecule has 0 spiro atoms. The van der Waals surface area contributed by atoms with Crippen molar-refractivity contribution in [2.75, 3.05) is 0 Å². The van der Waals surface area contributed by atoms with E-state index in [1.165, 1.54) is 11.8 Å². The van der Waals surface area contributed by atoms with E-state index in [2.05, 4.69) is 5.32 Å². The second-order valence-corrected chi connectivity index (χ2v) is 2.39. The van der Waals surface area contributed by atoms with E-state index < -0.39 is 0 Å².